The van der Waals surface area contributed by atoms with Crippen LogP contribution >= 0.6 is 15.9 Å². The Kier molecular flexibility index (Phi) is 2.55. The monoisotopic (exact) mass is 310 g/mol. The van der Waals surface area contributed by atoms with E-state index in [9.17, 15) is 4.39 Å². The summed E-state index contributed by atoms with van der Waals surface area (Å²) in [6.07, 6.45) is 1.47. The highest BCUT2D eigenvalue weighted by atomic mass is 79.9. The Morgan fingerprint density at radius 2 is 2.28 bits per heavy atom. The molecular weight excluding hydrogens is 303 g/mol. The van der Waals surface area contributed by atoms with Crippen LogP contribution in [0.4, 0.5) is 10.3 Å². The summed E-state index contributed by atoms with van der Waals surface area (Å²) in [6.45, 7) is 0.389. The number of nitrogens with two attached hydrogens (primary N) is 1. The van der Waals surface area contributed by atoms with E-state index in [-0.39, 0.29) is 5.82 Å². The van der Waals surface area contributed by atoms with E-state index in [2.05, 4.69) is 26.1 Å². The number of benzene rings is 1. The molecule has 0 atom stereocenters. The highest BCUT2D eigenvalue weighted by Gasteiger charge is 2.12. The second-order valence-corrected chi connectivity index (χ2v) is 4.66. The molecule has 0 aliphatic heterocycles. The van der Waals surface area contributed by atoms with Crippen molar-refractivity contribution in [3.8, 4) is 0 Å². The van der Waals surface area contributed by atoms with Crippen LogP contribution in [0, 0.1) is 5.82 Å². The van der Waals surface area contributed by atoms with Crippen LogP contribution in [0.2, 0.25) is 0 Å². The molecule has 18 heavy (non-hydrogen) atoms. The van der Waals surface area contributed by atoms with E-state index in [1.165, 1.54) is 12.3 Å². The van der Waals surface area contributed by atoms with E-state index in [0.29, 0.717) is 33.7 Å². The van der Waals surface area contributed by atoms with Gasteiger partial charge in [-0.25, -0.2) is 9.37 Å². The van der Waals surface area contributed by atoms with Gasteiger partial charge in [-0.15, -0.1) is 0 Å². The van der Waals surface area contributed by atoms with Crippen LogP contribution in [0.5, 0.6) is 0 Å². The maximum absolute atomic E-state index is 13.6. The van der Waals surface area contributed by atoms with Crippen LogP contribution in [-0.4, -0.2) is 14.7 Å². The minimum Gasteiger partial charge on any atom is -0.369 e. The third-order valence-corrected chi connectivity index (χ3v) is 3.24. The third-order valence-electron chi connectivity index (χ3n) is 2.63. The van der Waals surface area contributed by atoms with E-state index in [1.807, 2.05) is 0 Å². The minimum atomic E-state index is -0.358. The largest absolute Gasteiger partial charge is 0.369 e. The zero-order valence-corrected chi connectivity index (χ0v) is 10.7. The predicted molar refractivity (Wildman–Crippen MR) is 67.4 cm³/mol. The molecule has 0 fully saturated rings. The summed E-state index contributed by atoms with van der Waals surface area (Å²) in [6, 6.07) is 4.71. The van der Waals surface area contributed by atoms with E-state index in [1.54, 1.807) is 16.7 Å². The van der Waals surface area contributed by atoms with Crippen molar-refractivity contribution in [1.82, 2.24) is 14.7 Å². The fraction of sp³-hybridized carbons (Fsp3) is 0.0909. The molecule has 2 heterocycles. The topological polar surface area (TPSA) is 69.9 Å². The Morgan fingerprint density at radius 1 is 1.44 bits per heavy atom. The molecule has 0 bridgehead atoms. The molecule has 1 aromatic carbocycles. The van der Waals surface area contributed by atoms with Crippen LogP contribution in [0.1, 0.15) is 5.69 Å². The number of nitrogens with zero attached hydrogens (tertiary/aromatic N) is 3. The van der Waals surface area contributed by atoms with Crippen LogP contribution in [-0.2, 0) is 6.54 Å². The molecule has 2 N–H and O–H groups in total. The zero-order chi connectivity index (χ0) is 12.7. The first kappa shape index (κ1) is 11.2. The van der Waals surface area contributed by atoms with Gasteiger partial charge in [0.05, 0.1) is 22.1 Å². The summed E-state index contributed by atoms with van der Waals surface area (Å²) >= 11 is 3.12. The summed E-state index contributed by atoms with van der Waals surface area (Å²) in [7, 11) is 0. The molecule has 0 aliphatic rings. The zero-order valence-electron chi connectivity index (χ0n) is 9.10. The lowest BCUT2D eigenvalue weighted by Gasteiger charge is -2.03. The van der Waals surface area contributed by atoms with Crippen LogP contribution in [0.3, 0.4) is 0 Å². The second-order valence-electron chi connectivity index (χ2n) is 3.80. The summed E-state index contributed by atoms with van der Waals surface area (Å²) in [5.41, 5.74) is 7.77. The number of imidazole rings is 1. The fourth-order valence-electron chi connectivity index (χ4n) is 1.79. The van der Waals surface area contributed by atoms with Crippen molar-refractivity contribution < 1.29 is 8.91 Å². The Labute approximate surface area is 110 Å². The summed E-state index contributed by atoms with van der Waals surface area (Å²) in [5.74, 6) is -0.0469. The van der Waals surface area contributed by atoms with Crippen molar-refractivity contribution in [2.24, 2.45) is 0 Å². The molecule has 0 unspecified atom stereocenters. The molecule has 0 amide bonds. The molecule has 92 valence electrons. The first-order valence-corrected chi connectivity index (χ1v) is 5.94. The van der Waals surface area contributed by atoms with Crippen LogP contribution < -0.4 is 5.73 Å². The number of fused-ring (bicyclic) bond motifs is 1. The van der Waals surface area contributed by atoms with Crippen LogP contribution in [0.25, 0.3) is 11.0 Å². The third kappa shape index (κ3) is 1.76. The van der Waals surface area contributed by atoms with Crippen molar-refractivity contribution in [3.05, 3.63) is 40.4 Å². The van der Waals surface area contributed by atoms with Gasteiger partial charge in [0, 0.05) is 12.1 Å². The molecule has 0 saturated carbocycles. The number of hydrogen-bond donors (Lipinski definition) is 1. The molecule has 0 spiro atoms. The van der Waals surface area contributed by atoms with Gasteiger partial charge < -0.3 is 14.8 Å². The number of halogens is 2. The first-order chi connectivity index (χ1) is 8.65. The Balaban J connectivity index is 2.16. The maximum atomic E-state index is 13.6. The van der Waals surface area contributed by atoms with E-state index in [4.69, 9.17) is 10.3 Å². The molecule has 0 radical (unpaired) electrons. The number of hydrogen-bond acceptors (Lipinski definition) is 4. The van der Waals surface area contributed by atoms with Crippen molar-refractivity contribution in [1.29, 1.82) is 0 Å². The first-order valence-electron chi connectivity index (χ1n) is 5.15. The average molecular weight is 311 g/mol. The average Bonchev–Trinajstić information content (AvgIpc) is 2.92. The van der Waals surface area contributed by atoms with Crippen LogP contribution in [0.15, 0.2) is 33.5 Å². The Morgan fingerprint density at radius 3 is 3.00 bits per heavy atom. The molecule has 7 heteroatoms. The lowest BCUT2D eigenvalue weighted by atomic mass is 10.3. The lowest BCUT2D eigenvalue weighted by molar-refractivity contribution is 0.410. The van der Waals surface area contributed by atoms with E-state index < -0.39 is 0 Å². The van der Waals surface area contributed by atoms with Gasteiger partial charge in [0.1, 0.15) is 17.8 Å². The predicted octanol–water partition coefficient (Wildman–Crippen LogP) is 2.56. The number of aromatic nitrogens is 3. The molecule has 5 nitrogen and oxygen atoms in total. The van der Waals surface area contributed by atoms with Crippen molar-refractivity contribution in [2.75, 3.05) is 5.73 Å². The molecule has 3 rings (SSSR count). The number of nitrogen functional groups attached to an aromatic ring is 1. The highest BCUT2D eigenvalue weighted by Crippen LogP contribution is 2.25. The smallest absolute Gasteiger partial charge is 0.201 e. The number of anilines is 1. The summed E-state index contributed by atoms with van der Waals surface area (Å²) in [5, 5.41) is 3.80. The minimum absolute atomic E-state index is 0.311. The molecular formula is C11H8BrFN4O. The molecule has 0 saturated heterocycles. The Hall–Kier alpha value is -1.89. The summed E-state index contributed by atoms with van der Waals surface area (Å²) in [4.78, 5) is 4.18. The lowest BCUT2D eigenvalue weighted by Crippen LogP contribution is -2.04. The van der Waals surface area contributed by atoms with Gasteiger partial charge in [0.25, 0.3) is 0 Å². The normalized spacial score (nSPS) is 11.2. The van der Waals surface area contributed by atoms with Gasteiger partial charge in [-0.05, 0) is 22.0 Å². The van der Waals surface area contributed by atoms with E-state index in [0.717, 1.165) is 0 Å². The van der Waals surface area contributed by atoms with E-state index >= 15 is 0 Å². The van der Waals surface area contributed by atoms with Crippen molar-refractivity contribution in [3.63, 3.8) is 0 Å². The molecule has 0 aliphatic carbocycles. The molecule has 3 aromatic rings. The van der Waals surface area contributed by atoms with Crippen molar-refractivity contribution in [2.45, 2.75) is 6.54 Å². The molecule has 2 aromatic heterocycles. The standard InChI is InChI=1S/C11H8BrFN4O/c12-7-3-9-10(4-8(7)13)17(11(14)15-9)5-6-1-2-18-16-6/h1-4H,5H2,(H2,14,15). The highest BCUT2D eigenvalue weighted by molar-refractivity contribution is 9.10. The van der Waals surface area contributed by atoms with Gasteiger partial charge in [-0.3, -0.25) is 0 Å². The van der Waals surface area contributed by atoms with Crippen molar-refractivity contribution >= 4 is 32.9 Å². The van der Waals surface area contributed by atoms with Gasteiger partial charge >= 0.3 is 0 Å². The van der Waals surface area contributed by atoms with Gasteiger partial charge in [-0.2, -0.15) is 0 Å². The van der Waals surface area contributed by atoms with Gasteiger partial charge in [0.2, 0.25) is 5.95 Å². The second kappa shape index (κ2) is 4.09. The quantitative estimate of drug-likeness (QED) is 0.789. The van der Waals surface area contributed by atoms with Gasteiger partial charge in [-0.1, -0.05) is 5.16 Å². The van der Waals surface area contributed by atoms with Gasteiger partial charge in [0.15, 0.2) is 0 Å². The number of rotatable bonds is 2. The fourth-order valence-corrected chi connectivity index (χ4v) is 2.12. The maximum Gasteiger partial charge on any atom is 0.201 e. The SMILES string of the molecule is Nc1nc2cc(Br)c(F)cc2n1Cc1ccon1. The Bertz CT molecular complexity index is 707. The summed E-state index contributed by atoms with van der Waals surface area (Å²) < 4.78 is 20.4.